The Morgan fingerprint density at radius 1 is 0.891 bits per heavy atom. The molecule has 1 aromatic rings. The monoisotopic (exact) mass is 891 g/mol. The Morgan fingerprint density at radius 3 is 2.17 bits per heavy atom. The maximum absolute atomic E-state index is 15.0. The molecule has 0 saturated carbocycles. The summed E-state index contributed by atoms with van der Waals surface area (Å²) in [5.41, 5.74) is -1.59. The van der Waals surface area contributed by atoms with Crippen LogP contribution < -0.4 is 10.1 Å². The predicted octanol–water partition coefficient (Wildman–Crippen LogP) is 5.53. The first-order valence-electron chi connectivity index (χ1n) is 21.8. The summed E-state index contributed by atoms with van der Waals surface area (Å²) in [6.45, 7) is 19.3. The molecule has 64 heavy (non-hydrogen) atoms. The van der Waals surface area contributed by atoms with Crippen molar-refractivity contribution in [1.29, 1.82) is 0 Å². The second kappa shape index (κ2) is 18.5. The van der Waals surface area contributed by atoms with E-state index in [2.05, 4.69) is 5.32 Å². The molecule has 0 aromatic heterocycles. The lowest BCUT2D eigenvalue weighted by Gasteiger charge is -2.50. The molecule has 1 aliphatic carbocycles. The third-order valence-electron chi connectivity index (χ3n) is 12.8. The SMILES string of the molecule is CCOC(=O)N1CCN(C2=C3NC(=O)/C(C)=C\C=C\[C@H](C)[C@@H]4OC(C)(C)O[C@H]([C@H](C)[C@H](OC(C)=O)[C@H](C)[C@@H](OC)/C=C/O[C@@]5(C)Oc6c(C)c(O)c(c(c6C5=O)C2=O)C3=O)[C@@H]4C)CC1. The van der Waals surface area contributed by atoms with Gasteiger partial charge in [0.1, 0.15) is 29.0 Å². The summed E-state index contributed by atoms with van der Waals surface area (Å²) in [4.78, 5) is 86.6. The number of Topliss-reactive ketones (excluding diaryl/α,β-unsaturated/α-hetero) is 3. The summed E-state index contributed by atoms with van der Waals surface area (Å²) < 4.78 is 42.3. The largest absolute Gasteiger partial charge is 0.507 e. The molecule has 17 nitrogen and oxygen atoms in total. The molecule has 2 amide bonds. The number of amides is 2. The second-order valence-electron chi connectivity index (χ2n) is 17.8. The van der Waals surface area contributed by atoms with Crippen LogP contribution in [0.15, 0.2) is 47.5 Å². The van der Waals surface area contributed by atoms with Gasteiger partial charge >= 0.3 is 17.8 Å². The van der Waals surface area contributed by atoms with Crippen molar-refractivity contribution in [2.45, 2.75) is 112 Å². The number of nitrogens with zero attached hydrogens (tertiary/aromatic N) is 2. The smallest absolute Gasteiger partial charge is 0.409 e. The van der Waals surface area contributed by atoms with E-state index in [1.165, 1.54) is 39.0 Å². The zero-order valence-corrected chi connectivity index (χ0v) is 38.7. The minimum atomic E-state index is -2.09. The Labute approximate surface area is 373 Å². The molecule has 0 spiro atoms. The average molecular weight is 892 g/mol. The number of fused-ring (bicyclic) bond motifs is 10. The molecule has 17 heteroatoms. The Balaban J connectivity index is 1.49. The lowest BCUT2D eigenvalue weighted by molar-refractivity contribution is -0.336. The van der Waals surface area contributed by atoms with Crippen LogP contribution in [0.25, 0.3) is 0 Å². The number of allylic oxidation sites excluding steroid dienone is 4. The minimum Gasteiger partial charge on any atom is -0.507 e. The first-order chi connectivity index (χ1) is 30.1. The molecule has 2 saturated heterocycles. The van der Waals surface area contributed by atoms with E-state index in [1.807, 2.05) is 47.6 Å². The Morgan fingerprint density at radius 2 is 1.55 bits per heavy atom. The lowest BCUT2D eigenvalue weighted by atomic mass is 9.77. The van der Waals surface area contributed by atoms with Gasteiger partial charge in [0.25, 0.3) is 11.7 Å². The quantitative estimate of drug-likeness (QED) is 0.357. The molecule has 5 aliphatic heterocycles. The number of benzene rings is 1. The van der Waals surface area contributed by atoms with Gasteiger partial charge in [-0.1, -0.05) is 45.9 Å². The van der Waals surface area contributed by atoms with Gasteiger partial charge < -0.3 is 53.4 Å². The number of ether oxygens (including phenoxy) is 7. The number of carbonyl (C=O) groups excluding carboxylic acids is 6. The number of ketones is 3. The molecule has 348 valence electrons. The molecule has 5 heterocycles. The first-order valence-corrected chi connectivity index (χ1v) is 21.8. The van der Waals surface area contributed by atoms with E-state index in [4.69, 9.17) is 33.2 Å². The number of hydrogen-bond acceptors (Lipinski definition) is 15. The standard InChI is InChI=1S/C47H61N3O14/c1-13-59-45(57)50-20-18-49(19-21-50)35-34-37(53)32-31(38(35)54)33-42(26(5)36(32)52)64-47(11,43(33)55)60-22-17-30(58-12)25(4)40(61-29(8)51)28(7)41-27(6)39(62-46(9,10)63-41)23(2)15-14-16-24(3)44(56)48-34/h14-17,22-23,25,27-28,30,39-41,52H,13,18-21H2,1-12H3,(H,48,56)/b15-14+,22-17+,24-16-/t23-,25+,27+,28+,30-,39-,40+,41-,47-/m0/s1. The molecule has 2 fully saturated rings. The maximum Gasteiger partial charge on any atom is 0.409 e. The summed E-state index contributed by atoms with van der Waals surface area (Å²) in [7, 11) is 1.49. The Kier molecular flexibility index (Phi) is 13.9. The van der Waals surface area contributed by atoms with E-state index in [9.17, 15) is 33.9 Å². The summed E-state index contributed by atoms with van der Waals surface area (Å²) in [5, 5.41) is 14.3. The fourth-order valence-electron chi connectivity index (χ4n) is 9.39. The van der Waals surface area contributed by atoms with Crippen LogP contribution in [-0.2, 0) is 38.0 Å². The molecule has 0 unspecified atom stereocenters. The van der Waals surface area contributed by atoms with E-state index >= 15 is 0 Å². The highest BCUT2D eigenvalue weighted by molar-refractivity contribution is 6.32. The lowest BCUT2D eigenvalue weighted by Crippen LogP contribution is -2.56. The van der Waals surface area contributed by atoms with E-state index in [-0.39, 0.29) is 84.8 Å². The molecular weight excluding hydrogens is 831 g/mol. The fraction of sp³-hybridized carbons (Fsp3) is 0.574. The minimum absolute atomic E-state index is 0.00647. The molecule has 1 aromatic carbocycles. The van der Waals surface area contributed by atoms with E-state index in [1.54, 1.807) is 37.0 Å². The number of carbonyl (C=O) groups is 6. The van der Waals surface area contributed by atoms with Crippen molar-refractivity contribution in [2.24, 2.45) is 23.7 Å². The van der Waals surface area contributed by atoms with Gasteiger partial charge in [0, 0.05) is 81.9 Å². The van der Waals surface area contributed by atoms with Gasteiger partial charge in [-0.05, 0) is 40.7 Å². The molecule has 0 radical (unpaired) electrons. The third-order valence-corrected chi connectivity index (χ3v) is 12.8. The molecule has 9 atom stereocenters. The van der Waals surface area contributed by atoms with Gasteiger partial charge in [-0.15, -0.1) is 0 Å². The number of nitrogens with one attached hydrogen (secondary N) is 1. The van der Waals surface area contributed by atoms with Gasteiger partial charge in [0.15, 0.2) is 5.79 Å². The maximum atomic E-state index is 15.0. The topological polar surface area (TPSA) is 206 Å². The zero-order valence-electron chi connectivity index (χ0n) is 38.7. The molecular formula is C47H61N3O14. The summed E-state index contributed by atoms with van der Waals surface area (Å²) >= 11 is 0. The van der Waals surface area contributed by atoms with Crippen LogP contribution in [0.2, 0.25) is 0 Å². The summed E-state index contributed by atoms with van der Waals surface area (Å²) in [6.07, 6.45) is 5.12. The van der Waals surface area contributed by atoms with Crippen LogP contribution in [0, 0.1) is 30.6 Å². The fourth-order valence-corrected chi connectivity index (χ4v) is 9.39. The number of rotatable bonds is 4. The van der Waals surface area contributed by atoms with Crippen LogP contribution in [0.5, 0.6) is 11.5 Å². The highest BCUT2D eigenvalue weighted by atomic mass is 16.7. The van der Waals surface area contributed by atoms with Crippen LogP contribution in [0.3, 0.4) is 0 Å². The van der Waals surface area contributed by atoms with Crippen molar-refractivity contribution in [3.63, 3.8) is 0 Å². The second-order valence-corrected chi connectivity index (χ2v) is 17.8. The van der Waals surface area contributed by atoms with Crippen LogP contribution in [-0.4, -0.2) is 126 Å². The Bertz CT molecular complexity index is 2220. The van der Waals surface area contributed by atoms with Crippen LogP contribution >= 0.6 is 0 Å². The van der Waals surface area contributed by atoms with Crippen molar-refractivity contribution in [1.82, 2.24) is 15.1 Å². The number of hydrogen-bond donors (Lipinski definition) is 2. The number of phenolic OH excluding ortho intramolecular Hbond substituents is 1. The Hall–Kier alpha value is -5.52. The molecule has 7 rings (SSSR count). The van der Waals surface area contributed by atoms with Crippen molar-refractivity contribution in [2.75, 3.05) is 39.9 Å². The highest BCUT2D eigenvalue weighted by Gasteiger charge is 2.54. The van der Waals surface area contributed by atoms with Crippen molar-refractivity contribution >= 4 is 35.3 Å². The number of phenols is 1. The molecule has 7 bridgehead atoms. The first kappa shape index (κ1) is 47.9. The van der Waals surface area contributed by atoms with E-state index in [0.29, 0.717) is 0 Å². The predicted molar refractivity (Wildman–Crippen MR) is 230 cm³/mol. The van der Waals surface area contributed by atoms with E-state index < -0.39 is 93.7 Å². The number of piperazine rings is 1. The zero-order chi connectivity index (χ0) is 47.2. The van der Waals surface area contributed by atoms with Crippen molar-refractivity contribution in [3.8, 4) is 11.5 Å². The normalized spacial score (nSPS) is 32.8. The number of aromatic hydroxyl groups is 1. The summed E-state index contributed by atoms with van der Waals surface area (Å²) in [6, 6.07) is 0. The molecule has 6 aliphatic rings. The summed E-state index contributed by atoms with van der Waals surface area (Å²) in [5.74, 6) is -8.93. The van der Waals surface area contributed by atoms with Gasteiger partial charge in [-0.2, -0.15) is 0 Å². The van der Waals surface area contributed by atoms with Gasteiger partial charge in [0.05, 0.1) is 47.9 Å². The van der Waals surface area contributed by atoms with E-state index in [0.717, 1.165) is 0 Å². The number of esters is 1. The van der Waals surface area contributed by atoms with Crippen LogP contribution in [0.4, 0.5) is 4.79 Å². The van der Waals surface area contributed by atoms with Crippen molar-refractivity contribution in [3.05, 3.63) is 69.8 Å². The van der Waals surface area contributed by atoms with Crippen molar-refractivity contribution < 1.29 is 67.0 Å². The van der Waals surface area contributed by atoms with Gasteiger partial charge in [-0.3, -0.25) is 24.0 Å². The van der Waals surface area contributed by atoms with Gasteiger partial charge in [0.2, 0.25) is 11.6 Å². The third kappa shape index (κ3) is 8.94. The van der Waals surface area contributed by atoms with Crippen LogP contribution in [0.1, 0.15) is 106 Å². The average Bonchev–Trinajstić information content (AvgIpc) is 3.50. The number of methoxy groups -OCH3 is 1. The highest BCUT2D eigenvalue weighted by Crippen LogP contribution is 2.49. The van der Waals surface area contributed by atoms with Gasteiger partial charge in [-0.25, -0.2) is 4.79 Å². The molecule has 2 N–H and O–H groups in total.